The first-order valence-electron chi connectivity index (χ1n) is 6.09. The van der Waals surface area contributed by atoms with Crippen molar-refractivity contribution in [2.24, 2.45) is 5.41 Å². The first-order chi connectivity index (χ1) is 8.71. The zero-order valence-corrected chi connectivity index (χ0v) is 13.3. The van der Waals surface area contributed by atoms with Crippen LogP contribution in [0.3, 0.4) is 0 Å². The number of hydrogen-bond acceptors (Lipinski definition) is 2. The maximum Gasteiger partial charge on any atom is 0.251 e. The van der Waals surface area contributed by atoms with Gasteiger partial charge in [0.15, 0.2) is 0 Å². The van der Waals surface area contributed by atoms with Crippen molar-refractivity contribution < 1.29 is 9.18 Å². The third kappa shape index (κ3) is 5.28. The van der Waals surface area contributed by atoms with Crippen LogP contribution < -0.4 is 5.32 Å². The van der Waals surface area contributed by atoms with Crippen LogP contribution >= 0.6 is 15.9 Å². The van der Waals surface area contributed by atoms with Gasteiger partial charge in [-0.05, 0) is 53.6 Å². The van der Waals surface area contributed by atoms with Crippen LogP contribution in [0.2, 0.25) is 0 Å². The summed E-state index contributed by atoms with van der Waals surface area (Å²) in [4.78, 5) is 14.0. The molecule has 0 saturated heterocycles. The van der Waals surface area contributed by atoms with Crippen LogP contribution in [-0.4, -0.2) is 38.0 Å². The van der Waals surface area contributed by atoms with E-state index in [4.69, 9.17) is 0 Å². The molecule has 0 heterocycles. The standard InChI is InChI=1S/C14H20BrFN2O/c1-14(2,9-18(3)4)8-17-13(19)10-5-6-11(15)12(16)7-10/h5-7H,8-9H2,1-4H3,(H,17,19). The number of nitrogens with one attached hydrogen (secondary N) is 1. The van der Waals surface area contributed by atoms with E-state index in [1.54, 1.807) is 6.07 Å². The molecule has 0 radical (unpaired) electrons. The van der Waals surface area contributed by atoms with E-state index in [0.717, 1.165) is 6.54 Å². The van der Waals surface area contributed by atoms with Crippen LogP contribution in [0.4, 0.5) is 4.39 Å². The third-order valence-corrected chi connectivity index (χ3v) is 3.30. The summed E-state index contributed by atoms with van der Waals surface area (Å²) in [6.45, 7) is 5.56. The highest BCUT2D eigenvalue weighted by Gasteiger charge is 2.20. The average molecular weight is 331 g/mol. The normalized spacial score (nSPS) is 11.7. The Kier molecular flexibility index (Phi) is 5.50. The molecule has 1 aromatic carbocycles. The molecule has 0 aliphatic heterocycles. The molecule has 0 spiro atoms. The minimum atomic E-state index is -0.430. The fourth-order valence-corrected chi connectivity index (χ4v) is 2.22. The molecule has 19 heavy (non-hydrogen) atoms. The molecule has 0 atom stereocenters. The fraction of sp³-hybridized carbons (Fsp3) is 0.500. The molecule has 1 aromatic rings. The van der Waals surface area contributed by atoms with Gasteiger partial charge in [-0.2, -0.15) is 0 Å². The molecule has 5 heteroatoms. The smallest absolute Gasteiger partial charge is 0.251 e. The van der Waals surface area contributed by atoms with Gasteiger partial charge in [-0.3, -0.25) is 4.79 Å². The van der Waals surface area contributed by atoms with E-state index in [1.807, 2.05) is 14.1 Å². The van der Waals surface area contributed by atoms with Crippen molar-refractivity contribution in [1.82, 2.24) is 10.2 Å². The molecule has 1 N–H and O–H groups in total. The second-order valence-electron chi connectivity index (χ2n) is 5.71. The molecule has 1 rings (SSSR count). The van der Waals surface area contributed by atoms with E-state index in [2.05, 4.69) is 40.0 Å². The maximum atomic E-state index is 13.4. The van der Waals surface area contributed by atoms with Gasteiger partial charge in [0.2, 0.25) is 0 Å². The summed E-state index contributed by atoms with van der Waals surface area (Å²) >= 11 is 3.06. The number of nitrogens with zero attached hydrogens (tertiary/aromatic N) is 1. The predicted octanol–water partition coefficient (Wildman–Crippen LogP) is 2.91. The maximum absolute atomic E-state index is 13.4. The SMILES string of the molecule is CN(C)CC(C)(C)CNC(=O)c1ccc(Br)c(F)c1. The molecule has 0 bridgehead atoms. The first-order valence-corrected chi connectivity index (χ1v) is 6.88. The van der Waals surface area contributed by atoms with Gasteiger partial charge in [0.1, 0.15) is 5.82 Å². The van der Waals surface area contributed by atoms with E-state index >= 15 is 0 Å². The van der Waals surface area contributed by atoms with Gasteiger partial charge in [-0.25, -0.2) is 4.39 Å². The lowest BCUT2D eigenvalue weighted by Crippen LogP contribution is -2.40. The second-order valence-corrected chi connectivity index (χ2v) is 6.57. The Bertz CT molecular complexity index is 461. The summed E-state index contributed by atoms with van der Waals surface area (Å²) in [6.07, 6.45) is 0. The van der Waals surface area contributed by atoms with Crippen molar-refractivity contribution in [3.63, 3.8) is 0 Å². The Morgan fingerprint density at radius 2 is 2.05 bits per heavy atom. The lowest BCUT2D eigenvalue weighted by Gasteiger charge is -2.28. The lowest BCUT2D eigenvalue weighted by atomic mass is 9.93. The van der Waals surface area contributed by atoms with Crippen molar-refractivity contribution in [2.45, 2.75) is 13.8 Å². The van der Waals surface area contributed by atoms with Gasteiger partial charge in [0.05, 0.1) is 4.47 Å². The van der Waals surface area contributed by atoms with Crippen LogP contribution in [-0.2, 0) is 0 Å². The van der Waals surface area contributed by atoms with Crippen molar-refractivity contribution in [3.05, 3.63) is 34.1 Å². The van der Waals surface area contributed by atoms with Gasteiger partial charge < -0.3 is 10.2 Å². The molecule has 0 aliphatic rings. The van der Waals surface area contributed by atoms with Crippen molar-refractivity contribution in [3.8, 4) is 0 Å². The molecule has 3 nitrogen and oxygen atoms in total. The highest BCUT2D eigenvalue weighted by Crippen LogP contribution is 2.17. The summed E-state index contributed by atoms with van der Waals surface area (Å²) in [6, 6.07) is 4.37. The van der Waals surface area contributed by atoms with E-state index in [9.17, 15) is 9.18 Å². The second kappa shape index (κ2) is 6.48. The molecule has 0 fully saturated rings. The molecule has 0 aliphatic carbocycles. The van der Waals surface area contributed by atoms with Crippen molar-refractivity contribution >= 4 is 21.8 Å². The highest BCUT2D eigenvalue weighted by atomic mass is 79.9. The van der Waals surface area contributed by atoms with E-state index < -0.39 is 5.82 Å². The Morgan fingerprint density at radius 1 is 1.42 bits per heavy atom. The zero-order chi connectivity index (χ0) is 14.6. The number of hydrogen-bond donors (Lipinski definition) is 1. The summed E-state index contributed by atoms with van der Waals surface area (Å²) in [5.74, 6) is -0.682. The third-order valence-electron chi connectivity index (χ3n) is 2.65. The zero-order valence-electron chi connectivity index (χ0n) is 11.8. The predicted molar refractivity (Wildman–Crippen MR) is 78.8 cm³/mol. The molecule has 0 unspecified atom stereocenters. The van der Waals surface area contributed by atoms with Crippen LogP contribution in [0, 0.1) is 11.2 Å². The number of rotatable bonds is 5. The summed E-state index contributed by atoms with van der Waals surface area (Å²) < 4.78 is 13.7. The van der Waals surface area contributed by atoms with E-state index in [1.165, 1.54) is 12.1 Å². The van der Waals surface area contributed by atoms with E-state index in [0.29, 0.717) is 16.6 Å². The summed E-state index contributed by atoms with van der Waals surface area (Å²) in [5.41, 5.74) is 0.300. The van der Waals surface area contributed by atoms with Crippen LogP contribution in [0.25, 0.3) is 0 Å². The Labute approximate surface area is 122 Å². The van der Waals surface area contributed by atoms with Crippen LogP contribution in [0.15, 0.2) is 22.7 Å². The molecular formula is C14H20BrFN2O. The quantitative estimate of drug-likeness (QED) is 0.900. The number of carbonyl (C=O) groups excluding carboxylic acids is 1. The van der Waals surface area contributed by atoms with Crippen molar-refractivity contribution in [2.75, 3.05) is 27.2 Å². The van der Waals surface area contributed by atoms with Crippen LogP contribution in [0.5, 0.6) is 0 Å². The summed E-state index contributed by atoms with van der Waals surface area (Å²) in [5, 5.41) is 2.84. The van der Waals surface area contributed by atoms with Gasteiger partial charge in [0, 0.05) is 18.7 Å². The number of benzene rings is 1. The Hall–Kier alpha value is -0.940. The minimum absolute atomic E-state index is 0.0347. The van der Waals surface area contributed by atoms with Gasteiger partial charge in [-0.15, -0.1) is 0 Å². The van der Waals surface area contributed by atoms with E-state index in [-0.39, 0.29) is 11.3 Å². The van der Waals surface area contributed by atoms with Crippen LogP contribution in [0.1, 0.15) is 24.2 Å². The number of carbonyl (C=O) groups is 1. The number of amides is 1. The molecule has 0 saturated carbocycles. The van der Waals surface area contributed by atoms with Gasteiger partial charge in [-0.1, -0.05) is 13.8 Å². The highest BCUT2D eigenvalue weighted by molar-refractivity contribution is 9.10. The minimum Gasteiger partial charge on any atom is -0.351 e. The average Bonchev–Trinajstić information content (AvgIpc) is 2.28. The Morgan fingerprint density at radius 3 is 2.58 bits per heavy atom. The molecule has 106 valence electrons. The first kappa shape index (κ1) is 16.1. The number of halogens is 2. The Balaban J connectivity index is 2.62. The largest absolute Gasteiger partial charge is 0.351 e. The topological polar surface area (TPSA) is 32.3 Å². The molecule has 1 amide bonds. The molecule has 0 aromatic heterocycles. The fourth-order valence-electron chi connectivity index (χ4n) is 1.97. The summed E-state index contributed by atoms with van der Waals surface area (Å²) in [7, 11) is 3.99. The lowest BCUT2D eigenvalue weighted by molar-refractivity contribution is 0.0928. The van der Waals surface area contributed by atoms with Gasteiger partial charge >= 0.3 is 0 Å². The van der Waals surface area contributed by atoms with Crippen molar-refractivity contribution in [1.29, 1.82) is 0 Å². The monoisotopic (exact) mass is 330 g/mol. The van der Waals surface area contributed by atoms with Gasteiger partial charge in [0.25, 0.3) is 5.91 Å². The molecular weight excluding hydrogens is 311 g/mol.